The van der Waals surface area contributed by atoms with E-state index in [4.69, 9.17) is 4.74 Å². The summed E-state index contributed by atoms with van der Waals surface area (Å²) in [6.45, 7) is 1.65. The Bertz CT molecular complexity index is 1360. The van der Waals surface area contributed by atoms with Gasteiger partial charge in [-0.2, -0.15) is 0 Å². The Morgan fingerprint density at radius 2 is 1.81 bits per heavy atom. The molecule has 0 bridgehead atoms. The summed E-state index contributed by atoms with van der Waals surface area (Å²) in [5.74, 6) is -0.828. The maximum absolute atomic E-state index is 13.8. The van der Waals surface area contributed by atoms with Gasteiger partial charge in [0.25, 0.3) is 5.91 Å². The quantitative estimate of drug-likeness (QED) is 0.214. The number of halogens is 2. The van der Waals surface area contributed by atoms with Crippen LogP contribution in [0.25, 0.3) is 6.08 Å². The van der Waals surface area contributed by atoms with E-state index in [2.05, 4.69) is 33.2 Å². The highest BCUT2D eigenvalue weighted by molar-refractivity contribution is 14.1. The molecule has 184 valence electrons. The highest BCUT2D eigenvalue weighted by atomic mass is 127. The lowest BCUT2D eigenvalue weighted by Gasteiger charge is -2.13. The van der Waals surface area contributed by atoms with Gasteiger partial charge in [0.05, 0.1) is 3.57 Å². The van der Waals surface area contributed by atoms with Gasteiger partial charge in [-0.15, -0.1) is 0 Å². The molecule has 0 unspecified atom stereocenters. The maximum Gasteiger partial charge on any atom is 0.329 e. The first-order chi connectivity index (χ1) is 17.4. The molecular weight excluding hydrogens is 576 g/mol. The van der Waals surface area contributed by atoms with Crippen LogP contribution in [0.3, 0.4) is 0 Å². The number of carbonyl (C=O) groups excluding carboxylic acids is 3. The van der Waals surface area contributed by atoms with Gasteiger partial charge in [-0.05, 0) is 70.5 Å². The fourth-order valence-corrected chi connectivity index (χ4v) is 4.36. The van der Waals surface area contributed by atoms with Crippen LogP contribution < -0.4 is 15.4 Å². The van der Waals surface area contributed by atoms with Crippen molar-refractivity contribution in [2.75, 3.05) is 11.9 Å². The molecule has 0 atom stereocenters. The number of nitrogens with zero attached hydrogens (tertiary/aromatic N) is 1. The van der Waals surface area contributed by atoms with Crippen LogP contribution in [0.1, 0.15) is 23.6 Å². The number of anilines is 1. The third-order valence-corrected chi connectivity index (χ3v) is 6.39. The third-order valence-electron chi connectivity index (χ3n) is 5.54. The number of ether oxygens (including phenoxy) is 1. The van der Waals surface area contributed by atoms with E-state index in [1.807, 2.05) is 19.1 Å². The molecule has 0 radical (unpaired) electrons. The number of nitrogens with one attached hydrogen (secondary N) is 2. The van der Waals surface area contributed by atoms with E-state index in [1.165, 1.54) is 12.1 Å². The Balaban J connectivity index is 1.41. The molecule has 0 aromatic heterocycles. The van der Waals surface area contributed by atoms with E-state index in [0.29, 0.717) is 22.6 Å². The molecule has 0 aliphatic carbocycles. The van der Waals surface area contributed by atoms with E-state index in [0.717, 1.165) is 20.5 Å². The lowest BCUT2D eigenvalue weighted by Crippen LogP contribution is -2.38. The van der Waals surface area contributed by atoms with E-state index >= 15 is 0 Å². The van der Waals surface area contributed by atoms with Gasteiger partial charge in [0.2, 0.25) is 5.91 Å². The smallest absolute Gasteiger partial charge is 0.329 e. The van der Waals surface area contributed by atoms with Crippen LogP contribution in [0.15, 0.2) is 72.4 Å². The molecule has 1 aliphatic heterocycles. The monoisotopic (exact) mass is 599 g/mol. The van der Waals surface area contributed by atoms with Crippen LogP contribution in [0.5, 0.6) is 5.75 Å². The van der Waals surface area contributed by atoms with Gasteiger partial charge < -0.3 is 15.4 Å². The van der Waals surface area contributed by atoms with Crippen molar-refractivity contribution in [1.82, 2.24) is 10.2 Å². The summed E-state index contributed by atoms with van der Waals surface area (Å²) in [6, 6.07) is 18.3. The number of benzene rings is 3. The molecule has 4 amide bonds. The predicted octanol–water partition coefficient (Wildman–Crippen LogP) is 5.10. The second kappa shape index (κ2) is 11.3. The zero-order chi connectivity index (χ0) is 25.7. The molecular formula is C27H23FIN3O4. The average molecular weight is 599 g/mol. The SMILES string of the molecule is CCc1ccccc1NC(=O)CN1C(=O)N/C(=C/c2ccc(OCc3ccccc3F)c(I)c2)C1=O. The summed E-state index contributed by atoms with van der Waals surface area (Å²) >= 11 is 2.09. The van der Waals surface area contributed by atoms with Crippen molar-refractivity contribution in [1.29, 1.82) is 0 Å². The number of hydrogen-bond acceptors (Lipinski definition) is 4. The van der Waals surface area contributed by atoms with Crippen LogP contribution in [0, 0.1) is 9.39 Å². The minimum atomic E-state index is -0.662. The number of carbonyl (C=O) groups is 3. The van der Waals surface area contributed by atoms with Crippen LogP contribution in [0.2, 0.25) is 0 Å². The summed E-state index contributed by atoms with van der Waals surface area (Å²) in [7, 11) is 0. The molecule has 0 saturated carbocycles. The van der Waals surface area contributed by atoms with Crippen LogP contribution in [-0.4, -0.2) is 29.3 Å². The topological polar surface area (TPSA) is 87.7 Å². The molecule has 9 heteroatoms. The van der Waals surface area contributed by atoms with Crippen molar-refractivity contribution in [2.24, 2.45) is 0 Å². The lowest BCUT2D eigenvalue weighted by molar-refractivity contribution is -0.127. The van der Waals surface area contributed by atoms with Gasteiger partial charge >= 0.3 is 6.03 Å². The first-order valence-corrected chi connectivity index (χ1v) is 12.3. The van der Waals surface area contributed by atoms with Crippen molar-refractivity contribution in [3.8, 4) is 5.75 Å². The first-order valence-electron chi connectivity index (χ1n) is 11.2. The summed E-state index contributed by atoms with van der Waals surface area (Å²) in [4.78, 5) is 38.6. The minimum absolute atomic E-state index is 0.0672. The number of para-hydroxylation sites is 1. The van der Waals surface area contributed by atoms with Gasteiger partial charge in [-0.3, -0.25) is 9.59 Å². The third kappa shape index (κ3) is 5.91. The van der Waals surface area contributed by atoms with Gasteiger partial charge in [-0.1, -0.05) is 49.4 Å². The van der Waals surface area contributed by atoms with E-state index < -0.39 is 24.4 Å². The van der Waals surface area contributed by atoms with Gasteiger partial charge in [0, 0.05) is 11.3 Å². The molecule has 7 nitrogen and oxygen atoms in total. The average Bonchev–Trinajstić information content (AvgIpc) is 3.12. The highest BCUT2D eigenvalue weighted by Gasteiger charge is 2.35. The molecule has 2 N–H and O–H groups in total. The Morgan fingerprint density at radius 1 is 1.08 bits per heavy atom. The fraction of sp³-hybridized carbons (Fsp3) is 0.148. The molecule has 1 heterocycles. The van der Waals surface area contributed by atoms with Crippen molar-refractivity contribution >= 4 is 52.2 Å². The highest BCUT2D eigenvalue weighted by Crippen LogP contribution is 2.25. The van der Waals surface area contributed by atoms with E-state index in [-0.39, 0.29) is 18.1 Å². The van der Waals surface area contributed by atoms with Gasteiger partial charge in [0.15, 0.2) is 0 Å². The maximum atomic E-state index is 13.8. The number of rotatable bonds is 8. The first kappa shape index (κ1) is 25.4. The molecule has 1 aliphatic rings. The Labute approximate surface area is 221 Å². The second-order valence-electron chi connectivity index (χ2n) is 8.01. The zero-order valence-electron chi connectivity index (χ0n) is 19.4. The van der Waals surface area contributed by atoms with Crippen molar-refractivity contribution in [2.45, 2.75) is 20.0 Å². The van der Waals surface area contributed by atoms with E-state index in [1.54, 1.807) is 48.5 Å². The van der Waals surface area contributed by atoms with Crippen molar-refractivity contribution in [3.63, 3.8) is 0 Å². The van der Waals surface area contributed by atoms with Crippen molar-refractivity contribution in [3.05, 3.63) is 98.5 Å². The Morgan fingerprint density at radius 3 is 2.53 bits per heavy atom. The summed E-state index contributed by atoms with van der Waals surface area (Å²) in [5.41, 5.74) is 2.78. The molecule has 36 heavy (non-hydrogen) atoms. The Hall–Kier alpha value is -3.73. The van der Waals surface area contributed by atoms with Crippen LogP contribution in [-0.2, 0) is 22.6 Å². The minimum Gasteiger partial charge on any atom is -0.488 e. The zero-order valence-corrected chi connectivity index (χ0v) is 21.5. The Kier molecular flexibility index (Phi) is 7.99. The van der Waals surface area contributed by atoms with Gasteiger partial charge in [-0.25, -0.2) is 14.1 Å². The summed E-state index contributed by atoms with van der Waals surface area (Å²) in [5, 5.41) is 5.29. The van der Waals surface area contributed by atoms with Gasteiger partial charge in [0.1, 0.15) is 30.4 Å². The molecule has 1 fully saturated rings. The van der Waals surface area contributed by atoms with Crippen molar-refractivity contribution < 1.29 is 23.5 Å². The lowest BCUT2D eigenvalue weighted by atomic mass is 10.1. The number of aryl methyl sites for hydroxylation is 1. The molecule has 3 aromatic carbocycles. The molecule has 4 rings (SSSR count). The van der Waals surface area contributed by atoms with Crippen LogP contribution in [0.4, 0.5) is 14.9 Å². The van der Waals surface area contributed by atoms with E-state index in [9.17, 15) is 18.8 Å². The number of hydrogen-bond donors (Lipinski definition) is 2. The standard InChI is InChI=1S/C27H23FIN3O4/c1-2-18-7-4-6-10-22(18)30-25(33)15-32-26(34)23(31-27(32)35)14-17-11-12-24(21(29)13-17)36-16-19-8-3-5-9-20(19)28/h3-14H,2,15-16H2,1H3,(H,30,33)(H,31,35)/b23-14+. The summed E-state index contributed by atoms with van der Waals surface area (Å²) in [6.07, 6.45) is 2.27. The second-order valence-corrected chi connectivity index (χ2v) is 9.17. The predicted molar refractivity (Wildman–Crippen MR) is 143 cm³/mol. The fourth-order valence-electron chi connectivity index (χ4n) is 3.66. The number of urea groups is 1. The summed E-state index contributed by atoms with van der Waals surface area (Å²) < 4.78 is 20.3. The number of amides is 4. The molecule has 0 spiro atoms. The molecule has 3 aromatic rings. The number of imide groups is 1. The largest absolute Gasteiger partial charge is 0.488 e. The van der Waals surface area contributed by atoms with Crippen LogP contribution >= 0.6 is 22.6 Å². The molecule has 1 saturated heterocycles. The normalized spacial score (nSPS) is 14.2.